The molecule has 2 aliphatic rings. The molecule has 0 saturated heterocycles. The van der Waals surface area contributed by atoms with Crippen molar-refractivity contribution in [2.45, 2.75) is 4.90 Å². The first-order chi connectivity index (χ1) is 12.7. The lowest BCUT2D eigenvalue weighted by Gasteiger charge is -2.38. The normalized spacial score (nSPS) is 19.4. The summed E-state index contributed by atoms with van der Waals surface area (Å²) < 4.78 is 31.5. The van der Waals surface area contributed by atoms with Gasteiger partial charge in [-0.15, -0.1) is 10.2 Å². The quantitative estimate of drug-likeness (QED) is 0.456. The second-order valence-electron chi connectivity index (χ2n) is 5.38. The smallest absolute Gasteiger partial charge is 0.294 e. The Balaban J connectivity index is 1.99. The fourth-order valence-electron chi connectivity index (χ4n) is 2.34. The summed E-state index contributed by atoms with van der Waals surface area (Å²) in [6.45, 7) is 0. The zero-order valence-corrected chi connectivity index (χ0v) is 14.1. The summed E-state index contributed by atoms with van der Waals surface area (Å²) in [5.74, 6) is -1.27. The van der Waals surface area contributed by atoms with Gasteiger partial charge in [0.1, 0.15) is 11.4 Å². The van der Waals surface area contributed by atoms with Crippen LogP contribution in [0.3, 0.4) is 0 Å². The molecule has 0 heterocycles. The van der Waals surface area contributed by atoms with E-state index < -0.39 is 32.6 Å². The minimum atomic E-state index is -4.42. The maximum absolute atomic E-state index is 12.1. The molecule has 0 spiro atoms. The highest BCUT2D eigenvalue weighted by Gasteiger charge is 2.22. The lowest BCUT2D eigenvalue weighted by atomic mass is 9.95. The van der Waals surface area contributed by atoms with E-state index in [1.54, 1.807) is 0 Å². The molecular formula is C16H9N3O7S-2. The van der Waals surface area contributed by atoms with E-state index in [4.69, 9.17) is 4.55 Å². The van der Waals surface area contributed by atoms with E-state index >= 15 is 0 Å². The molecule has 0 aromatic heterocycles. The summed E-state index contributed by atoms with van der Waals surface area (Å²) in [4.78, 5) is 23.6. The predicted octanol–water partition coefficient (Wildman–Crippen LogP) is 0.995. The third-order valence-corrected chi connectivity index (χ3v) is 4.49. The number of allylic oxidation sites excluding steroid dienone is 4. The molecule has 0 amide bonds. The Morgan fingerprint density at radius 3 is 2.33 bits per heavy atom. The molecule has 2 aliphatic carbocycles. The Morgan fingerprint density at radius 2 is 1.70 bits per heavy atom. The average molecular weight is 387 g/mol. The Morgan fingerprint density at radius 1 is 0.963 bits per heavy atom. The topological polar surface area (TPSA) is 163 Å². The van der Waals surface area contributed by atoms with Crippen LogP contribution in [0.2, 0.25) is 0 Å². The van der Waals surface area contributed by atoms with Crippen LogP contribution in [0.5, 0.6) is 0 Å². The Bertz CT molecular complexity index is 1110. The molecule has 1 aromatic carbocycles. The molecule has 0 aliphatic heterocycles. The van der Waals surface area contributed by atoms with Crippen LogP contribution < -0.4 is 0 Å². The monoisotopic (exact) mass is 387 g/mol. The standard InChI is InChI=1S/C16H9N3O7S/c20-14-6-1-9-7-11(27(24,25)26)3-4-12(9)16(14)18-17-13-5-2-10(19(22)23)8-15(13)21/h1-8H,(H,24,25,26)/q-2. The molecule has 0 unspecified atom stereocenters. The zero-order valence-electron chi connectivity index (χ0n) is 13.3. The van der Waals surface area contributed by atoms with E-state index in [9.17, 15) is 28.4 Å². The van der Waals surface area contributed by atoms with Gasteiger partial charge in [0.2, 0.25) is 11.6 Å². The van der Waals surface area contributed by atoms with E-state index in [1.807, 2.05) is 0 Å². The zero-order chi connectivity index (χ0) is 19.8. The summed E-state index contributed by atoms with van der Waals surface area (Å²) in [7, 11) is -4.42. The average Bonchev–Trinajstić information content (AvgIpc) is 2.60. The molecule has 3 rings (SSSR count). The number of hydrogen-bond donors (Lipinski definition) is 1. The van der Waals surface area contributed by atoms with E-state index in [0.717, 1.165) is 36.4 Å². The molecule has 138 valence electrons. The Labute approximate surface area is 152 Å². The van der Waals surface area contributed by atoms with Gasteiger partial charge in [0.25, 0.3) is 10.1 Å². The molecule has 27 heavy (non-hydrogen) atoms. The highest BCUT2D eigenvalue weighted by Crippen LogP contribution is 2.22. The fourth-order valence-corrected chi connectivity index (χ4v) is 2.85. The number of carbonyl (C=O) groups excluding carboxylic acids is 2. The molecule has 1 N–H and O–H groups in total. The van der Waals surface area contributed by atoms with Crippen molar-refractivity contribution in [2.75, 3.05) is 0 Å². The molecule has 0 radical (unpaired) electrons. The van der Waals surface area contributed by atoms with Crippen molar-refractivity contribution >= 4 is 39.2 Å². The maximum Gasteiger partial charge on any atom is 0.294 e. The number of hydrogen-bond acceptors (Lipinski definition) is 9. The molecule has 10 nitrogen and oxygen atoms in total. The highest BCUT2D eigenvalue weighted by atomic mass is 32.2. The second-order valence-corrected chi connectivity index (χ2v) is 6.80. The van der Waals surface area contributed by atoms with E-state index in [1.165, 1.54) is 12.1 Å². The molecule has 0 bridgehead atoms. The second kappa shape index (κ2) is 6.81. The Hall–Kier alpha value is -3.25. The summed E-state index contributed by atoms with van der Waals surface area (Å²) in [6, 6.07) is 3.54. The number of carbonyl (C=O) groups is 2. The molecule has 11 heteroatoms. The van der Waals surface area contributed by atoms with Gasteiger partial charge in [-0.25, -0.2) is 0 Å². The minimum absolute atomic E-state index is 0.146. The van der Waals surface area contributed by atoms with Crippen LogP contribution in [0.4, 0.5) is 0 Å². The number of fused-ring (bicyclic) bond motifs is 1. The first-order valence-corrected chi connectivity index (χ1v) is 8.69. The fraction of sp³-hybridized carbons (Fsp3) is 0. The first-order valence-electron chi connectivity index (χ1n) is 7.25. The van der Waals surface area contributed by atoms with Crippen molar-refractivity contribution in [3.8, 4) is 0 Å². The third kappa shape index (κ3) is 3.80. The van der Waals surface area contributed by atoms with Gasteiger partial charge in [-0.05, 0) is 35.9 Å². The number of rotatable bonds is 3. The van der Waals surface area contributed by atoms with Crippen molar-refractivity contribution in [1.29, 1.82) is 0 Å². The van der Waals surface area contributed by atoms with Crippen molar-refractivity contribution in [1.82, 2.24) is 5.23 Å². The number of nitrogens with zero attached hydrogens (tertiary/aromatic N) is 3. The van der Waals surface area contributed by atoms with Gasteiger partial charge in [0.15, 0.2) is 0 Å². The number of ketones is 2. The summed E-state index contributed by atoms with van der Waals surface area (Å²) in [5.41, 5.74) is -0.178. The van der Waals surface area contributed by atoms with Crippen LogP contribution >= 0.6 is 0 Å². The van der Waals surface area contributed by atoms with Crippen molar-refractivity contribution in [2.24, 2.45) is 10.2 Å². The van der Waals surface area contributed by atoms with Crippen molar-refractivity contribution in [3.05, 3.63) is 69.7 Å². The van der Waals surface area contributed by atoms with Crippen molar-refractivity contribution in [3.63, 3.8) is 0 Å². The maximum atomic E-state index is 12.1. The Kier molecular flexibility index (Phi) is 4.68. The molecule has 0 fully saturated rings. The van der Waals surface area contributed by atoms with E-state index in [2.05, 4.69) is 10.2 Å². The first kappa shape index (κ1) is 18.5. The van der Waals surface area contributed by atoms with Crippen LogP contribution in [0, 0.1) is 10.4 Å². The minimum Gasteiger partial charge on any atom is -0.769 e. The molecule has 0 saturated carbocycles. The summed E-state index contributed by atoms with van der Waals surface area (Å²) in [6.07, 6.45) is 5.47. The molecule has 1 aromatic rings. The van der Waals surface area contributed by atoms with Gasteiger partial charge in [-0.3, -0.25) is 14.1 Å². The van der Waals surface area contributed by atoms with Crippen molar-refractivity contribution < 1.29 is 22.6 Å². The molecular weight excluding hydrogens is 378 g/mol. The van der Waals surface area contributed by atoms with Crippen LogP contribution in [0.1, 0.15) is 11.1 Å². The van der Waals surface area contributed by atoms with Crippen LogP contribution in [-0.4, -0.2) is 41.2 Å². The highest BCUT2D eigenvalue weighted by molar-refractivity contribution is 7.85. The van der Waals surface area contributed by atoms with Gasteiger partial charge < -0.3 is 15.6 Å². The van der Waals surface area contributed by atoms with E-state index in [0.29, 0.717) is 5.56 Å². The van der Waals surface area contributed by atoms with Gasteiger partial charge >= 0.3 is 0 Å². The summed E-state index contributed by atoms with van der Waals surface area (Å²) in [5, 5.41) is 28.0. The SMILES string of the molecule is O=C1C=C(N([O-])[O-])C=CC1=NN=C1C(=O)C=Cc2cc(S(=O)(=O)O)ccc21. The summed E-state index contributed by atoms with van der Waals surface area (Å²) >= 11 is 0. The number of hydroxylamine groups is 2. The lowest BCUT2D eigenvalue weighted by molar-refractivity contribution is -0.109. The molecule has 0 atom stereocenters. The van der Waals surface area contributed by atoms with Gasteiger partial charge in [-0.2, -0.15) is 8.42 Å². The van der Waals surface area contributed by atoms with Gasteiger partial charge in [0, 0.05) is 17.3 Å². The van der Waals surface area contributed by atoms with Crippen LogP contribution in [0.15, 0.2) is 63.3 Å². The largest absolute Gasteiger partial charge is 0.769 e. The lowest BCUT2D eigenvalue weighted by Crippen LogP contribution is -2.20. The van der Waals surface area contributed by atoms with E-state index in [-0.39, 0.29) is 21.9 Å². The van der Waals surface area contributed by atoms with Crippen LogP contribution in [0.25, 0.3) is 6.08 Å². The predicted molar refractivity (Wildman–Crippen MR) is 95.1 cm³/mol. The third-order valence-electron chi connectivity index (χ3n) is 3.64. The van der Waals surface area contributed by atoms with Gasteiger partial charge in [-0.1, -0.05) is 12.1 Å². The van der Waals surface area contributed by atoms with Gasteiger partial charge in [0.05, 0.1) is 4.90 Å². The number of benzene rings is 1. The van der Waals surface area contributed by atoms with Crippen LogP contribution in [-0.2, 0) is 19.7 Å².